The first kappa shape index (κ1) is 14.6. The second-order valence-corrected chi connectivity index (χ2v) is 6.01. The summed E-state index contributed by atoms with van der Waals surface area (Å²) in [6.07, 6.45) is 3.03. The summed E-state index contributed by atoms with van der Waals surface area (Å²) in [6.45, 7) is 4.09. The first-order valence-electron chi connectivity index (χ1n) is 7.32. The Morgan fingerprint density at radius 1 is 1.38 bits per heavy atom. The molecule has 21 heavy (non-hydrogen) atoms. The van der Waals surface area contributed by atoms with Crippen molar-refractivity contribution in [3.05, 3.63) is 41.4 Å². The fourth-order valence-corrected chi connectivity index (χ4v) is 2.96. The first-order valence-corrected chi connectivity index (χ1v) is 7.70. The van der Waals surface area contributed by atoms with Gasteiger partial charge >= 0.3 is 0 Å². The van der Waals surface area contributed by atoms with Crippen molar-refractivity contribution < 1.29 is 4.42 Å². The Balaban J connectivity index is 1.62. The molecule has 3 rings (SSSR count). The van der Waals surface area contributed by atoms with Gasteiger partial charge in [-0.25, -0.2) is 4.98 Å². The van der Waals surface area contributed by atoms with Gasteiger partial charge in [0.25, 0.3) is 0 Å². The molecule has 0 spiro atoms. The molecule has 1 aromatic carbocycles. The zero-order valence-corrected chi connectivity index (χ0v) is 12.9. The van der Waals surface area contributed by atoms with Crippen LogP contribution in [0.2, 0.25) is 5.02 Å². The molecular weight excluding hydrogens is 286 g/mol. The molecule has 4 nitrogen and oxygen atoms in total. The number of hydrogen-bond acceptors (Lipinski definition) is 4. The predicted molar refractivity (Wildman–Crippen MR) is 84.3 cm³/mol. The van der Waals surface area contributed by atoms with Crippen molar-refractivity contribution in [1.29, 1.82) is 0 Å². The number of hydrogen-bond donors (Lipinski definition) is 1. The molecule has 0 radical (unpaired) electrons. The van der Waals surface area contributed by atoms with E-state index in [1.807, 2.05) is 31.3 Å². The zero-order valence-electron chi connectivity index (χ0n) is 12.2. The SMILES string of the molecule is CNCC1CCN(Cc2ncc(-c3ccc(Cl)cc3)o2)C1. The standard InChI is InChI=1S/C16H20ClN3O/c1-18-8-12-6-7-20(10-12)11-16-19-9-15(21-16)13-2-4-14(17)5-3-13/h2-5,9,12,18H,6-8,10-11H2,1H3. The van der Waals surface area contributed by atoms with Gasteiger partial charge in [-0.3, -0.25) is 4.90 Å². The molecule has 1 aromatic heterocycles. The van der Waals surface area contributed by atoms with Crippen LogP contribution in [-0.2, 0) is 6.54 Å². The number of rotatable bonds is 5. The van der Waals surface area contributed by atoms with Crippen LogP contribution in [0.4, 0.5) is 0 Å². The van der Waals surface area contributed by atoms with E-state index in [9.17, 15) is 0 Å². The second kappa shape index (κ2) is 6.60. The number of nitrogens with zero attached hydrogens (tertiary/aromatic N) is 2. The normalized spacial score (nSPS) is 19.2. The van der Waals surface area contributed by atoms with E-state index in [1.54, 1.807) is 6.20 Å². The molecule has 112 valence electrons. The topological polar surface area (TPSA) is 41.3 Å². The molecule has 2 heterocycles. The van der Waals surface area contributed by atoms with E-state index < -0.39 is 0 Å². The molecule has 1 aliphatic heterocycles. The van der Waals surface area contributed by atoms with Gasteiger partial charge in [0.2, 0.25) is 5.89 Å². The quantitative estimate of drug-likeness (QED) is 0.922. The van der Waals surface area contributed by atoms with E-state index in [0.717, 1.165) is 54.3 Å². The molecule has 1 saturated heterocycles. The van der Waals surface area contributed by atoms with Crippen molar-refractivity contribution in [3.8, 4) is 11.3 Å². The molecular formula is C16H20ClN3O. The van der Waals surface area contributed by atoms with Crippen LogP contribution >= 0.6 is 11.6 Å². The van der Waals surface area contributed by atoms with Crippen molar-refractivity contribution in [1.82, 2.24) is 15.2 Å². The summed E-state index contributed by atoms with van der Waals surface area (Å²) < 4.78 is 5.86. The highest BCUT2D eigenvalue weighted by atomic mass is 35.5. The smallest absolute Gasteiger partial charge is 0.209 e. The lowest BCUT2D eigenvalue weighted by molar-refractivity contribution is 0.281. The average molecular weight is 306 g/mol. The molecule has 0 aliphatic carbocycles. The molecule has 5 heteroatoms. The van der Waals surface area contributed by atoms with E-state index >= 15 is 0 Å². The van der Waals surface area contributed by atoms with Gasteiger partial charge in [-0.2, -0.15) is 0 Å². The van der Waals surface area contributed by atoms with Crippen LogP contribution in [0.1, 0.15) is 12.3 Å². The van der Waals surface area contributed by atoms with Crippen LogP contribution in [0.25, 0.3) is 11.3 Å². The van der Waals surface area contributed by atoms with Crippen molar-refractivity contribution in [2.45, 2.75) is 13.0 Å². The molecule has 0 amide bonds. The summed E-state index contributed by atoms with van der Waals surface area (Å²) in [4.78, 5) is 6.79. The van der Waals surface area contributed by atoms with Crippen molar-refractivity contribution in [2.24, 2.45) is 5.92 Å². The number of halogens is 1. The van der Waals surface area contributed by atoms with Gasteiger partial charge in [0.05, 0.1) is 12.7 Å². The Kier molecular flexibility index (Phi) is 4.58. The Labute approximate surface area is 130 Å². The number of likely N-dealkylation sites (tertiary alicyclic amines) is 1. The Hall–Kier alpha value is -1.36. The zero-order chi connectivity index (χ0) is 14.7. The summed E-state index contributed by atoms with van der Waals surface area (Å²) in [5.74, 6) is 2.32. The van der Waals surface area contributed by atoms with Gasteiger partial charge in [-0.05, 0) is 56.7 Å². The van der Waals surface area contributed by atoms with Crippen LogP contribution < -0.4 is 5.32 Å². The van der Waals surface area contributed by atoms with Crippen LogP contribution in [0.3, 0.4) is 0 Å². The molecule has 1 atom stereocenters. The molecule has 1 aliphatic rings. The largest absolute Gasteiger partial charge is 0.439 e. The van der Waals surface area contributed by atoms with Gasteiger partial charge in [-0.15, -0.1) is 0 Å². The first-order chi connectivity index (χ1) is 10.2. The van der Waals surface area contributed by atoms with Crippen LogP contribution in [-0.4, -0.2) is 36.6 Å². The molecule has 0 bridgehead atoms. The lowest BCUT2D eigenvalue weighted by Gasteiger charge is -2.13. The summed E-state index contributed by atoms with van der Waals surface area (Å²) in [5.41, 5.74) is 1.01. The van der Waals surface area contributed by atoms with E-state index in [4.69, 9.17) is 16.0 Å². The highest BCUT2D eigenvalue weighted by Crippen LogP contribution is 2.24. The Bertz CT molecular complexity index is 581. The summed E-state index contributed by atoms with van der Waals surface area (Å²) in [7, 11) is 2.01. The minimum Gasteiger partial charge on any atom is -0.439 e. The molecule has 1 N–H and O–H groups in total. The predicted octanol–water partition coefficient (Wildman–Crippen LogP) is 3.04. The third-order valence-corrected chi connectivity index (χ3v) is 4.16. The third kappa shape index (κ3) is 3.64. The maximum atomic E-state index is 5.90. The summed E-state index contributed by atoms with van der Waals surface area (Å²) in [5, 5.41) is 3.98. The van der Waals surface area contributed by atoms with Gasteiger partial charge in [0, 0.05) is 17.1 Å². The monoisotopic (exact) mass is 305 g/mol. The number of oxazole rings is 1. The Morgan fingerprint density at radius 2 is 2.19 bits per heavy atom. The molecule has 0 saturated carbocycles. The van der Waals surface area contributed by atoms with Crippen LogP contribution in [0, 0.1) is 5.92 Å². The van der Waals surface area contributed by atoms with Crippen molar-refractivity contribution in [2.75, 3.05) is 26.7 Å². The fraction of sp³-hybridized carbons (Fsp3) is 0.438. The van der Waals surface area contributed by atoms with Gasteiger partial charge in [-0.1, -0.05) is 11.6 Å². The van der Waals surface area contributed by atoms with Gasteiger partial charge < -0.3 is 9.73 Å². The molecule has 1 fully saturated rings. The summed E-state index contributed by atoms with van der Waals surface area (Å²) in [6, 6.07) is 7.63. The minimum atomic E-state index is 0.728. The number of nitrogens with one attached hydrogen (secondary N) is 1. The van der Waals surface area contributed by atoms with Crippen LogP contribution in [0.5, 0.6) is 0 Å². The lowest BCUT2D eigenvalue weighted by Crippen LogP contribution is -2.24. The Morgan fingerprint density at radius 3 is 2.95 bits per heavy atom. The van der Waals surface area contributed by atoms with Gasteiger partial charge in [0.1, 0.15) is 0 Å². The highest BCUT2D eigenvalue weighted by molar-refractivity contribution is 6.30. The third-order valence-electron chi connectivity index (χ3n) is 3.90. The highest BCUT2D eigenvalue weighted by Gasteiger charge is 2.23. The summed E-state index contributed by atoms with van der Waals surface area (Å²) >= 11 is 5.90. The van der Waals surface area contributed by atoms with Crippen molar-refractivity contribution in [3.63, 3.8) is 0 Å². The fourth-order valence-electron chi connectivity index (χ4n) is 2.83. The lowest BCUT2D eigenvalue weighted by atomic mass is 10.1. The second-order valence-electron chi connectivity index (χ2n) is 5.57. The maximum absolute atomic E-state index is 5.90. The van der Waals surface area contributed by atoms with Crippen LogP contribution in [0.15, 0.2) is 34.9 Å². The van der Waals surface area contributed by atoms with Crippen molar-refractivity contribution >= 4 is 11.6 Å². The van der Waals surface area contributed by atoms with E-state index in [1.165, 1.54) is 6.42 Å². The number of aromatic nitrogens is 1. The van der Waals surface area contributed by atoms with E-state index in [-0.39, 0.29) is 0 Å². The van der Waals surface area contributed by atoms with E-state index in [2.05, 4.69) is 15.2 Å². The molecule has 2 aromatic rings. The van der Waals surface area contributed by atoms with E-state index in [0.29, 0.717) is 0 Å². The minimum absolute atomic E-state index is 0.728. The van der Waals surface area contributed by atoms with Gasteiger partial charge in [0.15, 0.2) is 5.76 Å². The average Bonchev–Trinajstić information content (AvgIpc) is 3.11. The molecule has 1 unspecified atom stereocenters. The number of benzene rings is 1. The maximum Gasteiger partial charge on any atom is 0.209 e.